The van der Waals surface area contributed by atoms with Crippen molar-refractivity contribution in [3.05, 3.63) is 59.8 Å². The summed E-state index contributed by atoms with van der Waals surface area (Å²) >= 11 is 0. The predicted octanol–water partition coefficient (Wildman–Crippen LogP) is 4.97. The van der Waals surface area contributed by atoms with Crippen LogP contribution >= 0.6 is 0 Å². The van der Waals surface area contributed by atoms with E-state index in [1.807, 2.05) is 36.4 Å². The number of ether oxygens (including phenoxy) is 4. The van der Waals surface area contributed by atoms with Crippen molar-refractivity contribution in [3.63, 3.8) is 0 Å². The third kappa shape index (κ3) is 8.13. The zero-order chi connectivity index (χ0) is 28.5. The van der Waals surface area contributed by atoms with Crippen LogP contribution in [0.25, 0.3) is 0 Å². The Kier molecular flexibility index (Phi) is 11.1. The maximum Gasteiger partial charge on any atom is 0.161 e. The lowest BCUT2D eigenvalue weighted by atomic mass is 9.84. The van der Waals surface area contributed by atoms with Gasteiger partial charge in [0, 0.05) is 31.1 Å². The van der Waals surface area contributed by atoms with E-state index in [2.05, 4.69) is 31.1 Å². The highest BCUT2D eigenvalue weighted by Crippen LogP contribution is 2.35. The van der Waals surface area contributed by atoms with Crippen LogP contribution in [0.4, 0.5) is 0 Å². The summed E-state index contributed by atoms with van der Waals surface area (Å²) in [5, 5.41) is 17.2. The van der Waals surface area contributed by atoms with Gasteiger partial charge in [-0.1, -0.05) is 32.6 Å². The molecule has 4 atom stereocenters. The first kappa shape index (κ1) is 30.3. The number of methoxy groups -OCH3 is 4. The molecule has 0 aliphatic carbocycles. The summed E-state index contributed by atoms with van der Waals surface area (Å²) in [5.41, 5.74) is 2.91. The molecule has 0 radical (unpaired) electrons. The number of carbonyl (C=O) groups is 1. The van der Waals surface area contributed by atoms with Crippen molar-refractivity contribution in [2.24, 2.45) is 11.8 Å². The van der Waals surface area contributed by atoms with E-state index in [9.17, 15) is 9.90 Å². The van der Waals surface area contributed by atoms with Gasteiger partial charge < -0.3 is 34.7 Å². The quantitative estimate of drug-likeness (QED) is 0.432. The van der Waals surface area contributed by atoms with Gasteiger partial charge >= 0.3 is 0 Å². The molecule has 0 spiro atoms. The summed E-state index contributed by atoms with van der Waals surface area (Å²) in [6, 6.07) is 11.8. The molecule has 0 bridgehead atoms. The van der Waals surface area contributed by atoms with Gasteiger partial charge in [-0.2, -0.15) is 0 Å². The van der Waals surface area contributed by atoms with Gasteiger partial charge in [0.1, 0.15) is 5.78 Å². The number of hydrogen-bond acceptors (Lipinski definition) is 8. The standard InChI is InChI=1S/C17H27NO3.C14H17NO3/c1-11(2)7-13-10-18-14(9-15(13)19)12-5-6-16(20-3)17(8-12)21-4;1-9-6-11(16)8-12(15-9)10-4-5-13(17-2)14(7-10)18-3/h5-6,8,11,13-15,18-19H,7,9-10H2,1-4H3;4-5,7,12,15H,1,6,8H2,2-3H3. The zero-order valence-electron chi connectivity index (χ0n) is 24.1. The molecule has 214 valence electrons. The van der Waals surface area contributed by atoms with Crippen LogP contribution in [0.2, 0.25) is 0 Å². The van der Waals surface area contributed by atoms with Gasteiger partial charge in [0.25, 0.3) is 0 Å². The second-order valence-corrected chi connectivity index (χ2v) is 10.6. The third-order valence-corrected chi connectivity index (χ3v) is 7.26. The highest BCUT2D eigenvalue weighted by Gasteiger charge is 2.30. The molecule has 2 aromatic rings. The van der Waals surface area contributed by atoms with Crippen LogP contribution < -0.4 is 29.6 Å². The van der Waals surface area contributed by atoms with Gasteiger partial charge in [0.2, 0.25) is 0 Å². The summed E-state index contributed by atoms with van der Waals surface area (Å²) < 4.78 is 21.1. The third-order valence-electron chi connectivity index (χ3n) is 7.26. The van der Waals surface area contributed by atoms with Gasteiger partial charge in [-0.25, -0.2) is 0 Å². The number of nitrogens with one attached hydrogen (secondary N) is 2. The summed E-state index contributed by atoms with van der Waals surface area (Å²) in [6.07, 6.45) is 2.46. The molecule has 2 aromatic carbocycles. The van der Waals surface area contributed by atoms with Gasteiger partial charge in [0.15, 0.2) is 23.0 Å². The molecule has 4 unspecified atom stereocenters. The van der Waals surface area contributed by atoms with E-state index >= 15 is 0 Å². The average Bonchev–Trinajstić information content (AvgIpc) is 2.93. The first-order chi connectivity index (χ1) is 18.7. The van der Waals surface area contributed by atoms with E-state index in [-0.39, 0.29) is 24.0 Å². The Bertz CT molecular complexity index is 1100. The second-order valence-electron chi connectivity index (χ2n) is 10.6. The Morgan fingerprint density at radius 3 is 1.90 bits per heavy atom. The first-order valence-corrected chi connectivity index (χ1v) is 13.5. The highest BCUT2D eigenvalue weighted by atomic mass is 16.5. The largest absolute Gasteiger partial charge is 0.493 e. The number of hydrogen-bond donors (Lipinski definition) is 3. The smallest absolute Gasteiger partial charge is 0.161 e. The van der Waals surface area contributed by atoms with Crippen molar-refractivity contribution in [1.29, 1.82) is 0 Å². The summed E-state index contributed by atoms with van der Waals surface area (Å²) in [4.78, 5) is 11.6. The number of rotatable bonds is 8. The topological polar surface area (TPSA) is 98.3 Å². The van der Waals surface area contributed by atoms with Crippen molar-refractivity contribution < 1.29 is 28.8 Å². The van der Waals surface area contributed by atoms with Crippen LogP contribution in [0.1, 0.15) is 62.7 Å². The van der Waals surface area contributed by atoms with E-state index in [0.717, 1.165) is 47.7 Å². The van der Waals surface area contributed by atoms with Gasteiger partial charge in [-0.15, -0.1) is 0 Å². The summed E-state index contributed by atoms with van der Waals surface area (Å²) in [6.45, 7) is 9.09. The maximum atomic E-state index is 11.6. The van der Waals surface area contributed by atoms with E-state index in [1.54, 1.807) is 28.4 Å². The number of aliphatic hydroxyl groups excluding tert-OH is 1. The lowest BCUT2D eigenvalue weighted by Gasteiger charge is -2.35. The van der Waals surface area contributed by atoms with Crippen molar-refractivity contribution >= 4 is 5.78 Å². The molecular weight excluding hydrogens is 496 g/mol. The zero-order valence-corrected chi connectivity index (χ0v) is 24.1. The lowest BCUT2D eigenvalue weighted by molar-refractivity contribution is -0.119. The summed E-state index contributed by atoms with van der Waals surface area (Å²) in [5.74, 6) is 3.98. The molecule has 3 N–H and O–H groups in total. The fourth-order valence-corrected chi connectivity index (χ4v) is 5.27. The fraction of sp³-hybridized carbons (Fsp3) is 0.516. The molecule has 39 heavy (non-hydrogen) atoms. The molecule has 0 saturated carbocycles. The van der Waals surface area contributed by atoms with E-state index in [0.29, 0.717) is 36.2 Å². The molecule has 2 fully saturated rings. The Morgan fingerprint density at radius 2 is 1.44 bits per heavy atom. The van der Waals surface area contributed by atoms with E-state index in [4.69, 9.17) is 18.9 Å². The first-order valence-electron chi connectivity index (χ1n) is 13.5. The molecule has 0 aromatic heterocycles. The molecule has 2 aliphatic heterocycles. The SMILES string of the molecule is C=C1CC(=O)CC(c2ccc(OC)c(OC)c2)N1.COc1ccc(C2CC(O)C(CC(C)C)CN2)cc1OC. The van der Waals surface area contributed by atoms with E-state index < -0.39 is 0 Å². The molecule has 0 amide bonds. The number of carbonyl (C=O) groups excluding carboxylic acids is 1. The Labute approximate surface area is 232 Å². The van der Waals surface area contributed by atoms with Crippen molar-refractivity contribution in [3.8, 4) is 23.0 Å². The number of piperidine rings is 2. The minimum Gasteiger partial charge on any atom is -0.493 e. The normalized spacial score (nSPS) is 22.9. The predicted molar refractivity (Wildman–Crippen MR) is 153 cm³/mol. The van der Waals surface area contributed by atoms with Gasteiger partial charge in [0.05, 0.1) is 40.6 Å². The molecule has 2 aliphatic rings. The Hall–Kier alpha value is -3.23. The minimum atomic E-state index is -0.244. The molecule has 4 rings (SSSR count). The average molecular weight is 541 g/mol. The second kappa shape index (κ2) is 14.2. The van der Waals surface area contributed by atoms with E-state index in [1.165, 1.54) is 0 Å². The number of allylic oxidation sites excluding steroid dienone is 1. The number of benzene rings is 2. The van der Waals surface area contributed by atoms with Gasteiger partial charge in [-0.05, 0) is 60.1 Å². The van der Waals surface area contributed by atoms with Crippen LogP contribution in [-0.4, -0.2) is 52.0 Å². The molecular formula is C31H44N2O6. The van der Waals surface area contributed by atoms with Crippen LogP contribution in [0.3, 0.4) is 0 Å². The van der Waals surface area contributed by atoms with Crippen molar-refractivity contribution in [2.75, 3.05) is 35.0 Å². The molecule has 2 saturated heterocycles. The Balaban J connectivity index is 0.000000218. The lowest BCUT2D eigenvalue weighted by Crippen LogP contribution is -2.42. The number of ketones is 1. The maximum absolute atomic E-state index is 11.6. The van der Waals surface area contributed by atoms with Crippen LogP contribution in [0, 0.1) is 11.8 Å². The fourth-order valence-electron chi connectivity index (χ4n) is 5.27. The highest BCUT2D eigenvalue weighted by molar-refractivity contribution is 5.82. The van der Waals surface area contributed by atoms with Crippen LogP contribution in [-0.2, 0) is 4.79 Å². The summed E-state index contributed by atoms with van der Waals surface area (Å²) in [7, 11) is 6.47. The molecule has 8 heteroatoms. The molecule has 2 heterocycles. The monoisotopic (exact) mass is 540 g/mol. The van der Waals surface area contributed by atoms with Crippen LogP contribution in [0.5, 0.6) is 23.0 Å². The minimum absolute atomic E-state index is 0.0291. The van der Waals surface area contributed by atoms with Crippen molar-refractivity contribution in [2.45, 2.75) is 57.7 Å². The van der Waals surface area contributed by atoms with Crippen molar-refractivity contribution in [1.82, 2.24) is 10.6 Å². The molecule has 8 nitrogen and oxygen atoms in total. The number of Topliss-reactive ketones (excluding diaryl/α,β-unsaturated/α-hetero) is 1. The van der Waals surface area contributed by atoms with Gasteiger partial charge in [-0.3, -0.25) is 4.79 Å². The van der Waals surface area contributed by atoms with Crippen LogP contribution in [0.15, 0.2) is 48.7 Å². The Morgan fingerprint density at radius 1 is 0.897 bits per heavy atom. The number of aliphatic hydroxyl groups is 1.